The van der Waals surface area contributed by atoms with Crippen molar-refractivity contribution in [2.75, 3.05) is 13.1 Å². The molecule has 1 unspecified atom stereocenters. The number of piperidine rings is 1. The van der Waals surface area contributed by atoms with E-state index in [1.807, 2.05) is 65.7 Å². The molecule has 2 heterocycles. The van der Waals surface area contributed by atoms with Gasteiger partial charge in [-0.25, -0.2) is 4.98 Å². The van der Waals surface area contributed by atoms with E-state index in [0.717, 1.165) is 47.5 Å². The highest BCUT2D eigenvalue weighted by molar-refractivity contribution is 5.79. The van der Waals surface area contributed by atoms with Gasteiger partial charge in [0.2, 0.25) is 5.91 Å². The van der Waals surface area contributed by atoms with Crippen LogP contribution in [0, 0.1) is 0 Å². The van der Waals surface area contributed by atoms with Gasteiger partial charge in [0.15, 0.2) is 0 Å². The van der Waals surface area contributed by atoms with Crippen LogP contribution in [0.3, 0.4) is 0 Å². The molecule has 2 aromatic carbocycles. The smallest absolute Gasteiger partial charge is 0.227 e. The quantitative estimate of drug-likeness (QED) is 0.727. The summed E-state index contributed by atoms with van der Waals surface area (Å²) in [4.78, 5) is 24.0. The van der Waals surface area contributed by atoms with Gasteiger partial charge in [-0.1, -0.05) is 54.6 Å². The molecule has 1 aliphatic heterocycles. The summed E-state index contributed by atoms with van der Waals surface area (Å²) in [6.45, 7) is 1.52. The topological polar surface area (TPSA) is 66.3 Å². The predicted octanol–water partition coefficient (Wildman–Crippen LogP) is 3.58. The number of rotatable bonds is 5. The highest BCUT2D eigenvalue weighted by Crippen LogP contribution is 2.27. The van der Waals surface area contributed by atoms with E-state index >= 15 is 0 Å². The summed E-state index contributed by atoms with van der Waals surface area (Å²) < 4.78 is 0. The molecule has 148 valence electrons. The lowest BCUT2D eigenvalue weighted by molar-refractivity contribution is -0.131. The maximum absolute atomic E-state index is 12.8. The standard InChI is InChI=1S/C24H25N3O2/c28-17-19-8-10-20(11-9-19)22-14-25-15-23(26-22)21-7-4-12-27(16-21)24(29)13-18-5-2-1-3-6-18/h1-3,5-6,8-11,14-15,21,28H,4,7,12-13,16-17H2. The zero-order valence-electron chi connectivity index (χ0n) is 16.4. The number of amides is 1. The number of aliphatic hydroxyl groups is 1. The molecule has 1 aromatic heterocycles. The van der Waals surface area contributed by atoms with Gasteiger partial charge in [-0.2, -0.15) is 0 Å². The van der Waals surface area contributed by atoms with E-state index in [9.17, 15) is 9.90 Å². The van der Waals surface area contributed by atoms with Gasteiger partial charge in [-0.3, -0.25) is 9.78 Å². The number of hydrogen-bond acceptors (Lipinski definition) is 4. The maximum atomic E-state index is 12.8. The molecule has 1 amide bonds. The third kappa shape index (κ3) is 4.69. The Kier molecular flexibility index (Phi) is 5.96. The Morgan fingerprint density at radius 2 is 1.83 bits per heavy atom. The van der Waals surface area contributed by atoms with Crippen molar-refractivity contribution in [3.05, 3.63) is 83.8 Å². The zero-order chi connectivity index (χ0) is 20.1. The van der Waals surface area contributed by atoms with Crippen molar-refractivity contribution in [1.29, 1.82) is 0 Å². The van der Waals surface area contributed by atoms with E-state index in [0.29, 0.717) is 13.0 Å². The van der Waals surface area contributed by atoms with E-state index < -0.39 is 0 Å². The van der Waals surface area contributed by atoms with Crippen LogP contribution in [-0.4, -0.2) is 39.0 Å². The molecule has 0 bridgehead atoms. The minimum atomic E-state index is 0.0287. The molecule has 0 radical (unpaired) electrons. The van der Waals surface area contributed by atoms with Crippen LogP contribution in [0.5, 0.6) is 0 Å². The van der Waals surface area contributed by atoms with Crippen LogP contribution in [0.1, 0.15) is 35.6 Å². The predicted molar refractivity (Wildman–Crippen MR) is 112 cm³/mol. The Balaban J connectivity index is 1.47. The molecule has 5 heteroatoms. The summed E-state index contributed by atoms with van der Waals surface area (Å²) in [5.74, 6) is 0.372. The van der Waals surface area contributed by atoms with Crippen molar-refractivity contribution in [2.24, 2.45) is 0 Å². The second-order valence-corrected chi connectivity index (χ2v) is 7.53. The van der Waals surface area contributed by atoms with Crippen molar-refractivity contribution in [3.8, 4) is 11.3 Å². The largest absolute Gasteiger partial charge is 0.392 e. The highest BCUT2D eigenvalue weighted by atomic mass is 16.3. The Hall–Kier alpha value is -3.05. The van der Waals surface area contributed by atoms with Crippen LogP contribution in [0.4, 0.5) is 0 Å². The number of carbonyl (C=O) groups excluding carboxylic acids is 1. The van der Waals surface area contributed by atoms with Gasteiger partial charge in [-0.05, 0) is 24.0 Å². The van der Waals surface area contributed by atoms with E-state index in [4.69, 9.17) is 4.98 Å². The number of likely N-dealkylation sites (tertiary alicyclic amines) is 1. The summed E-state index contributed by atoms with van der Waals surface area (Å²) >= 11 is 0. The molecule has 1 aliphatic rings. The van der Waals surface area contributed by atoms with Gasteiger partial charge < -0.3 is 10.0 Å². The first kappa shape index (κ1) is 19.3. The minimum Gasteiger partial charge on any atom is -0.392 e. The number of hydrogen-bond donors (Lipinski definition) is 1. The average molecular weight is 387 g/mol. The van der Waals surface area contributed by atoms with Crippen molar-refractivity contribution < 1.29 is 9.90 Å². The highest BCUT2D eigenvalue weighted by Gasteiger charge is 2.26. The Morgan fingerprint density at radius 3 is 2.59 bits per heavy atom. The third-order valence-electron chi connectivity index (χ3n) is 5.48. The van der Waals surface area contributed by atoms with Crippen LogP contribution in [-0.2, 0) is 17.8 Å². The monoisotopic (exact) mass is 387 g/mol. The van der Waals surface area contributed by atoms with E-state index in [1.165, 1.54) is 0 Å². The van der Waals surface area contributed by atoms with Crippen LogP contribution in [0.2, 0.25) is 0 Å². The lowest BCUT2D eigenvalue weighted by Gasteiger charge is -2.32. The van der Waals surface area contributed by atoms with Gasteiger partial charge in [0.25, 0.3) is 0 Å². The number of nitrogens with zero attached hydrogens (tertiary/aromatic N) is 3. The van der Waals surface area contributed by atoms with Gasteiger partial charge >= 0.3 is 0 Å². The van der Waals surface area contributed by atoms with Crippen LogP contribution < -0.4 is 0 Å². The van der Waals surface area contributed by atoms with Crippen molar-refractivity contribution in [3.63, 3.8) is 0 Å². The zero-order valence-corrected chi connectivity index (χ0v) is 16.4. The summed E-state index contributed by atoms with van der Waals surface area (Å²) in [5.41, 5.74) is 4.65. The first-order valence-electron chi connectivity index (χ1n) is 10.1. The molecular weight excluding hydrogens is 362 g/mol. The van der Waals surface area contributed by atoms with Gasteiger partial charge in [-0.15, -0.1) is 0 Å². The molecular formula is C24H25N3O2. The molecule has 29 heavy (non-hydrogen) atoms. The van der Waals surface area contributed by atoms with E-state index in [-0.39, 0.29) is 18.4 Å². The van der Waals surface area contributed by atoms with Crippen LogP contribution >= 0.6 is 0 Å². The molecule has 0 spiro atoms. The summed E-state index contributed by atoms with van der Waals surface area (Å²) in [5, 5.41) is 9.22. The first-order valence-corrected chi connectivity index (χ1v) is 10.1. The third-order valence-corrected chi connectivity index (χ3v) is 5.48. The molecule has 0 aliphatic carbocycles. The van der Waals surface area contributed by atoms with E-state index in [1.54, 1.807) is 6.20 Å². The molecule has 3 aromatic rings. The molecule has 1 N–H and O–H groups in total. The van der Waals surface area contributed by atoms with E-state index in [2.05, 4.69) is 4.98 Å². The fraction of sp³-hybridized carbons (Fsp3) is 0.292. The normalized spacial score (nSPS) is 16.6. The number of aliphatic hydroxyl groups excluding tert-OH is 1. The summed E-state index contributed by atoms with van der Waals surface area (Å²) in [7, 11) is 0. The minimum absolute atomic E-state index is 0.0287. The fourth-order valence-corrected chi connectivity index (χ4v) is 3.83. The maximum Gasteiger partial charge on any atom is 0.227 e. The second kappa shape index (κ2) is 8.97. The summed E-state index contributed by atoms with van der Waals surface area (Å²) in [6.07, 6.45) is 6.01. The van der Waals surface area contributed by atoms with Gasteiger partial charge in [0.05, 0.1) is 30.6 Å². The first-order chi connectivity index (χ1) is 14.2. The molecule has 1 atom stereocenters. The molecule has 0 saturated carbocycles. The molecule has 5 nitrogen and oxygen atoms in total. The van der Waals surface area contributed by atoms with Gasteiger partial charge in [0.1, 0.15) is 0 Å². The van der Waals surface area contributed by atoms with Gasteiger partial charge in [0, 0.05) is 30.8 Å². The molecule has 1 fully saturated rings. The van der Waals surface area contributed by atoms with Crippen molar-refractivity contribution in [1.82, 2.24) is 14.9 Å². The van der Waals surface area contributed by atoms with Crippen molar-refractivity contribution in [2.45, 2.75) is 31.8 Å². The fourth-order valence-electron chi connectivity index (χ4n) is 3.83. The second-order valence-electron chi connectivity index (χ2n) is 7.53. The number of aromatic nitrogens is 2. The number of carbonyl (C=O) groups is 1. The van der Waals surface area contributed by atoms with Crippen LogP contribution in [0.15, 0.2) is 67.0 Å². The van der Waals surface area contributed by atoms with Crippen molar-refractivity contribution >= 4 is 5.91 Å². The number of benzene rings is 2. The van der Waals surface area contributed by atoms with Crippen LogP contribution in [0.25, 0.3) is 11.3 Å². The lowest BCUT2D eigenvalue weighted by atomic mass is 9.94. The Morgan fingerprint density at radius 1 is 1.03 bits per heavy atom. The Bertz CT molecular complexity index is 957. The summed E-state index contributed by atoms with van der Waals surface area (Å²) in [6, 6.07) is 17.6. The average Bonchev–Trinajstić information content (AvgIpc) is 2.80. The Labute approximate surface area is 171 Å². The SMILES string of the molecule is O=C(Cc1ccccc1)N1CCCC(c2cncc(-c3ccc(CO)cc3)n2)C1. The molecule has 4 rings (SSSR count). The molecule has 1 saturated heterocycles. The lowest BCUT2D eigenvalue weighted by Crippen LogP contribution is -2.40.